The highest BCUT2D eigenvalue weighted by molar-refractivity contribution is 7.10. The van der Waals surface area contributed by atoms with Crippen LogP contribution in [0.3, 0.4) is 0 Å². The summed E-state index contributed by atoms with van der Waals surface area (Å²) in [4.78, 5) is 18.0. The van der Waals surface area contributed by atoms with Crippen LogP contribution >= 0.6 is 11.3 Å². The van der Waals surface area contributed by atoms with E-state index in [-0.39, 0.29) is 0 Å². The quantitative estimate of drug-likeness (QED) is 0.685. The van der Waals surface area contributed by atoms with Gasteiger partial charge in [-0.3, -0.25) is 9.80 Å². The Morgan fingerprint density at radius 1 is 0.821 bits per heavy atom. The minimum atomic E-state index is 0.460. The summed E-state index contributed by atoms with van der Waals surface area (Å²) < 4.78 is 0. The smallest absolute Gasteiger partial charge is 0.225 e. The molecule has 2 aromatic heterocycles. The van der Waals surface area contributed by atoms with Crippen LogP contribution in [0.4, 0.5) is 5.95 Å². The molecule has 0 aliphatic carbocycles. The number of nitrogens with zero attached hydrogens (tertiary/aromatic N) is 5. The summed E-state index contributed by atoms with van der Waals surface area (Å²) in [5.41, 5.74) is 4.58. The fourth-order valence-corrected chi connectivity index (χ4v) is 6.14. The van der Waals surface area contributed by atoms with E-state index in [9.17, 15) is 0 Å². The zero-order valence-electron chi connectivity index (χ0n) is 15.7. The minimum Gasteiger partial charge on any atom is -0.338 e. The maximum absolute atomic E-state index is 4.39. The highest BCUT2D eigenvalue weighted by Gasteiger charge is 2.48. The zero-order chi connectivity index (χ0) is 18.5. The molecule has 3 aliphatic heterocycles. The van der Waals surface area contributed by atoms with Crippen LogP contribution in [0.15, 0.2) is 54.2 Å². The number of hydrogen-bond acceptors (Lipinski definition) is 6. The number of rotatable bonds is 4. The van der Waals surface area contributed by atoms with Gasteiger partial charge in [0.1, 0.15) is 0 Å². The third-order valence-electron chi connectivity index (χ3n) is 6.40. The first-order chi connectivity index (χ1) is 13.9. The van der Waals surface area contributed by atoms with Gasteiger partial charge in [0, 0.05) is 56.5 Å². The van der Waals surface area contributed by atoms with Crippen molar-refractivity contribution in [2.24, 2.45) is 0 Å². The standard InChI is InChI=1S/C22H23N5S/c1-2-5-17-16(4-1)19-18-6-15-28-21(18)20(17)27(19)14-11-25-9-12-26(13-10-25)22-23-7-3-8-24-22/h1-8,15,19-20H,9-14H2. The molecule has 6 heteroatoms. The zero-order valence-corrected chi connectivity index (χ0v) is 16.6. The first kappa shape index (κ1) is 16.7. The second kappa shape index (κ2) is 6.65. The summed E-state index contributed by atoms with van der Waals surface area (Å²) in [6, 6.07) is 14.2. The lowest BCUT2D eigenvalue weighted by Gasteiger charge is -2.36. The predicted molar refractivity (Wildman–Crippen MR) is 112 cm³/mol. The molecule has 1 aromatic carbocycles. The molecule has 2 atom stereocenters. The van der Waals surface area contributed by atoms with Crippen LogP contribution in [0.25, 0.3) is 0 Å². The third kappa shape index (κ3) is 2.52. The highest BCUT2D eigenvalue weighted by Crippen LogP contribution is 2.57. The normalized spacial score (nSPS) is 23.8. The van der Waals surface area contributed by atoms with Crippen molar-refractivity contribution in [2.75, 3.05) is 44.2 Å². The summed E-state index contributed by atoms with van der Waals surface area (Å²) in [7, 11) is 0. The number of aromatic nitrogens is 2. The summed E-state index contributed by atoms with van der Waals surface area (Å²) >= 11 is 1.93. The van der Waals surface area contributed by atoms with E-state index < -0.39 is 0 Å². The molecule has 142 valence electrons. The predicted octanol–water partition coefficient (Wildman–Crippen LogP) is 3.17. The fourth-order valence-electron chi connectivity index (χ4n) is 5.07. The van der Waals surface area contributed by atoms with Gasteiger partial charge in [-0.1, -0.05) is 24.3 Å². The number of fused-ring (bicyclic) bond motifs is 8. The van der Waals surface area contributed by atoms with E-state index in [1.807, 2.05) is 29.8 Å². The average Bonchev–Trinajstić information content (AvgIpc) is 3.43. The van der Waals surface area contributed by atoms with Gasteiger partial charge in [-0.2, -0.15) is 0 Å². The van der Waals surface area contributed by atoms with Crippen molar-refractivity contribution in [3.63, 3.8) is 0 Å². The first-order valence-electron chi connectivity index (χ1n) is 10.1. The molecule has 3 aromatic rings. The maximum Gasteiger partial charge on any atom is 0.225 e. The van der Waals surface area contributed by atoms with Gasteiger partial charge in [0.25, 0.3) is 0 Å². The number of thiophene rings is 1. The number of anilines is 1. The monoisotopic (exact) mass is 389 g/mol. The summed E-state index contributed by atoms with van der Waals surface area (Å²) in [5.74, 6) is 0.861. The van der Waals surface area contributed by atoms with Crippen LogP contribution in [0.1, 0.15) is 33.7 Å². The molecular formula is C22H23N5S. The molecular weight excluding hydrogens is 366 g/mol. The van der Waals surface area contributed by atoms with Crippen LogP contribution in [-0.2, 0) is 0 Å². The number of hydrogen-bond donors (Lipinski definition) is 0. The lowest BCUT2D eigenvalue weighted by Crippen LogP contribution is -2.48. The second-order valence-electron chi connectivity index (χ2n) is 7.79. The lowest BCUT2D eigenvalue weighted by atomic mass is 9.91. The van der Waals surface area contributed by atoms with Crippen molar-refractivity contribution >= 4 is 17.3 Å². The molecule has 6 rings (SSSR count). The number of benzene rings is 1. The van der Waals surface area contributed by atoms with Crippen molar-refractivity contribution in [2.45, 2.75) is 12.1 Å². The molecule has 5 nitrogen and oxygen atoms in total. The molecule has 1 fully saturated rings. The largest absolute Gasteiger partial charge is 0.338 e. The average molecular weight is 390 g/mol. The van der Waals surface area contributed by atoms with Gasteiger partial charge in [0.2, 0.25) is 5.95 Å². The van der Waals surface area contributed by atoms with Gasteiger partial charge in [-0.05, 0) is 34.2 Å². The van der Waals surface area contributed by atoms with Crippen LogP contribution < -0.4 is 4.90 Å². The van der Waals surface area contributed by atoms with E-state index in [2.05, 4.69) is 60.4 Å². The van der Waals surface area contributed by atoms with E-state index in [1.54, 1.807) is 10.4 Å². The van der Waals surface area contributed by atoms with E-state index in [0.29, 0.717) is 12.1 Å². The van der Waals surface area contributed by atoms with Gasteiger partial charge < -0.3 is 4.90 Å². The Morgan fingerprint density at radius 2 is 1.57 bits per heavy atom. The highest BCUT2D eigenvalue weighted by atomic mass is 32.1. The molecule has 0 N–H and O–H groups in total. The van der Waals surface area contributed by atoms with Crippen LogP contribution in [0.2, 0.25) is 0 Å². The third-order valence-corrected chi connectivity index (χ3v) is 7.39. The molecule has 5 heterocycles. The van der Waals surface area contributed by atoms with E-state index in [4.69, 9.17) is 0 Å². The molecule has 2 unspecified atom stereocenters. The summed E-state index contributed by atoms with van der Waals surface area (Å²) in [6.07, 6.45) is 3.66. The fraction of sp³-hybridized carbons (Fsp3) is 0.364. The molecule has 2 bridgehead atoms. The van der Waals surface area contributed by atoms with Gasteiger partial charge in [0.05, 0.1) is 12.1 Å². The molecule has 0 amide bonds. The number of piperazine rings is 1. The van der Waals surface area contributed by atoms with Gasteiger partial charge in [-0.25, -0.2) is 9.97 Å². The summed E-state index contributed by atoms with van der Waals surface area (Å²) in [5, 5.41) is 2.26. The Bertz CT molecular complexity index is 934. The van der Waals surface area contributed by atoms with Crippen molar-refractivity contribution in [1.29, 1.82) is 0 Å². The Kier molecular flexibility index (Phi) is 3.96. The van der Waals surface area contributed by atoms with E-state index in [1.165, 1.54) is 11.1 Å². The molecule has 0 spiro atoms. The minimum absolute atomic E-state index is 0.460. The van der Waals surface area contributed by atoms with Gasteiger partial charge >= 0.3 is 0 Å². The maximum atomic E-state index is 4.39. The topological polar surface area (TPSA) is 35.5 Å². The SMILES string of the molecule is c1cnc(N2CCN(CCN3C4c5ccccc5C3c3sccc34)CC2)nc1. The molecule has 0 radical (unpaired) electrons. The van der Waals surface area contributed by atoms with Crippen molar-refractivity contribution in [1.82, 2.24) is 19.8 Å². The van der Waals surface area contributed by atoms with Crippen LogP contribution in [0.5, 0.6) is 0 Å². The van der Waals surface area contributed by atoms with Crippen molar-refractivity contribution in [3.8, 4) is 0 Å². The Morgan fingerprint density at radius 3 is 2.36 bits per heavy atom. The van der Waals surface area contributed by atoms with E-state index in [0.717, 1.165) is 45.2 Å². The van der Waals surface area contributed by atoms with Gasteiger partial charge in [-0.15, -0.1) is 11.3 Å². The second-order valence-corrected chi connectivity index (χ2v) is 8.74. The van der Waals surface area contributed by atoms with Gasteiger partial charge in [0.15, 0.2) is 0 Å². The molecule has 3 aliphatic rings. The Hall–Kier alpha value is -2.28. The molecule has 1 saturated heterocycles. The Labute approximate surface area is 169 Å². The summed E-state index contributed by atoms with van der Waals surface area (Å²) in [6.45, 7) is 6.41. The van der Waals surface area contributed by atoms with Crippen molar-refractivity contribution < 1.29 is 0 Å². The van der Waals surface area contributed by atoms with Crippen molar-refractivity contribution in [3.05, 3.63) is 75.7 Å². The lowest BCUT2D eigenvalue weighted by molar-refractivity contribution is 0.177. The molecule has 28 heavy (non-hydrogen) atoms. The van der Waals surface area contributed by atoms with E-state index >= 15 is 0 Å². The van der Waals surface area contributed by atoms with Crippen LogP contribution in [0, 0.1) is 0 Å². The Balaban J connectivity index is 1.13. The van der Waals surface area contributed by atoms with Crippen LogP contribution in [-0.4, -0.2) is 59.0 Å². The molecule has 0 saturated carbocycles. The first-order valence-corrected chi connectivity index (χ1v) is 10.9.